The van der Waals surface area contributed by atoms with E-state index in [9.17, 15) is 9.18 Å². The van der Waals surface area contributed by atoms with E-state index < -0.39 is 5.82 Å². The third-order valence-corrected chi connectivity index (χ3v) is 3.84. The summed E-state index contributed by atoms with van der Waals surface area (Å²) in [5.41, 5.74) is 1.83. The van der Waals surface area contributed by atoms with Gasteiger partial charge in [-0.3, -0.25) is 4.79 Å². The summed E-state index contributed by atoms with van der Waals surface area (Å²) in [5.74, 6) is -0.459. The summed E-state index contributed by atoms with van der Waals surface area (Å²) < 4.78 is 15.7. The van der Waals surface area contributed by atoms with Gasteiger partial charge in [-0.05, 0) is 49.4 Å². The summed E-state index contributed by atoms with van der Waals surface area (Å²) in [4.78, 5) is 12.1. The Hall–Kier alpha value is -1.49. The van der Waals surface area contributed by atoms with Gasteiger partial charge in [-0.15, -0.1) is 0 Å². The number of rotatable bonds is 1. The fourth-order valence-corrected chi connectivity index (χ4v) is 2.72. The highest BCUT2D eigenvalue weighted by Gasteiger charge is 2.15. The molecule has 19 heavy (non-hydrogen) atoms. The molecule has 0 spiro atoms. The molecule has 1 aromatic carbocycles. The van der Waals surface area contributed by atoms with Gasteiger partial charge in [0.2, 0.25) is 0 Å². The Morgan fingerprint density at radius 2 is 2.00 bits per heavy atom. The minimum absolute atomic E-state index is 0.196. The van der Waals surface area contributed by atoms with Crippen LogP contribution >= 0.6 is 15.9 Å². The van der Waals surface area contributed by atoms with Crippen LogP contribution in [0, 0.1) is 5.82 Å². The van der Waals surface area contributed by atoms with Crippen LogP contribution in [0.2, 0.25) is 0 Å². The summed E-state index contributed by atoms with van der Waals surface area (Å²) in [7, 11) is 0. The molecular weight excluding hydrogens is 311 g/mol. The van der Waals surface area contributed by atoms with Crippen molar-refractivity contribution in [3.05, 3.63) is 56.2 Å². The van der Waals surface area contributed by atoms with Crippen LogP contribution in [0.3, 0.4) is 0 Å². The molecule has 0 saturated carbocycles. The monoisotopic (exact) mass is 322 g/mol. The van der Waals surface area contributed by atoms with Crippen LogP contribution in [-0.4, -0.2) is 9.78 Å². The first-order valence-electron chi connectivity index (χ1n) is 6.23. The van der Waals surface area contributed by atoms with Gasteiger partial charge in [-0.1, -0.05) is 15.9 Å². The van der Waals surface area contributed by atoms with Gasteiger partial charge in [0.05, 0.1) is 5.69 Å². The molecule has 1 aliphatic carbocycles. The largest absolute Gasteiger partial charge is 0.271 e. The number of benzene rings is 1. The van der Waals surface area contributed by atoms with Crippen molar-refractivity contribution < 1.29 is 4.39 Å². The van der Waals surface area contributed by atoms with Crippen LogP contribution < -0.4 is 5.56 Å². The molecule has 0 fully saturated rings. The van der Waals surface area contributed by atoms with E-state index in [-0.39, 0.29) is 11.2 Å². The molecule has 98 valence electrons. The van der Waals surface area contributed by atoms with Crippen molar-refractivity contribution in [1.82, 2.24) is 9.78 Å². The zero-order valence-corrected chi connectivity index (χ0v) is 11.8. The van der Waals surface area contributed by atoms with Crippen LogP contribution in [0.25, 0.3) is 5.69 Å². The van der Waals surface area contributed by atoms with E-state index in [1.165, 1.54) is 6.07 Å². The van der Waals surface area contributed by atoms with Crippen LogP contribution in [0.15, 0.2) is 33.5 Å². The quantitative estimate of drug-likeness (QED) is 0.809. The van der Waals surface area contributed by atoms with Gasteiger partial charge in [0.1, 0.15) is 11.5 Å². The minimum atomic E-state index is -0.459. The molecule has 1 aliphatic rings. The topological polar surface area (TPSA) is 34.9 Å². The summed E-state index contributed by atoms with van der Waals surface area (Å²) in [6, 6.07) is 6.18. The number of aromatic nitrogens is 2. The second-order valence-electron chi connectivity index (χ2n) is 4.67. The molecule has 0 bridgehead atoms. The average molecular weight is 323 g/mol. The Morgan fingerprint density at radius 3 is 2.79 bits per heavy atom. The van der Waals surface area contributed by atoms with E-state index in [4.69, 9.17) is 0 Å². The lowest BCUT2D eigenvalue weighted by Gasteiger charge is -2.16. The molecule has 0 unspecified atom stereocenters. The first-order chi connectivity index (χ1) is 9.15. The maximum absolute atomic E-state index is 13.9. The van der Waals surface area contributed by atoms with Gasteiger partial charge in [-0.2, -0.15) is 9.78 Å². The summed E-state index contributed by atoms with van der Waals surface area (Å²) >= 11 is 3.20. The Bertz CT molecular complexity index is 696. The minimum Gasteiger partial charge on any atom is -0.267 e. The number of hydrogen-bond acceptors (Lipinski definition) is 2. The van der Waals surface area contributed by atoms with Crippen LogP contribution in [0.5, 0.6) is 0 Å². The van der Waals surface area contributed by atoms with Crippen molar-refractivity contribution in [1.29, 1.82) is 0 Å². The van der Waals surface area contributed by atoms with Gasteiger partial charge in [-0.25, -0.2) is 4.39 Å². The maximum Gasteiger partial charge on any atom is 0.271 e. The standard InChI is InChI=1S/C14H12BrFN2O/c15-10-5-6-13(11(16)8-10)18-14(19)7-9-3-1-2-4-12(9)17-18/h5-8H,1-4H2. The van der Waals surface area contributed by atoms with Crippen molar-refractivity contribution in [2.75, 3.05) is 0 Å². The molecule has 0 aliphatic heterocycles. The molecular formula is C14H12BrFN2O. The Morgan fingerprint density at radius 1 is 1.21 bits per heavy atom. The van der Waals surface area contributed by atoms with E-state index >= 15 is 0 Å². The number of halogens is 2. The molecule has 0 amide bonds. The Kier molecular flexibility index (Phi) is 3.22. The van der Waals surface area contributed by atoms with Crippen LogP contribution in [0.1, 0.15) is 24.1 Å². The van der Waals surface area contributed by atoms with Gasteiger partial charge in [0.15, 0.2) is 0 Å². The maximum atomic E-state index is 13.9. The highest BCUT2D eigenvalue weighted by atomic mass is 79.9. The molecule has 3 nitrogen and oxygen atoms in total. The first-order valence-corrected chi connectivity index (χ1v) is 7.02. The van der Waals surface area contributed by atoms with Gasteiger partial charge < -0.3 is 0 Å². The van der Waals surface area contributed by atoms with E-state index in [1.54, 1.807) is 18.2 Å². The average Bonchev–Trinajstić information content (AvgIpc) is 2.38. The SMILES string of the molecule is O=c1cc2c(nn1-c1ccc(Br)cc1F)CCCC2. The van der Waals surface area contributed by atoms with E-state index in [2.05, 4.69) is 21.0 Å². The zero-order chi connectivity index (χ0) is 13.4. The van der Waals surface area contributed by atoms with Gasteiger partial charge in [0, 0.05) is 10.5 Å². The van der Waals surface area contributed by atoms with Crippen molar-refractivity contribution in [3.8, 4) is 5.69 Å². The van der Waals surface area contributed by atoms with E-state index in [0.29, 0.717) is 4.47 Å². The molecule has 1 aromatic heterocycles. The first kappa shape index (κ1) is 12.5. The lowest BCUT2D eigenvalue weighted by Crippen LogP contribution is -2.25. The van der Waals surface area contributed by atoms with Gasteiger partial charge >= 0.3 is 0 Å². The zero-order valence-electron chi connectivity index (χ0n) is 10.2. The number of fused-ring (bicyclic) bond motifs is 1. The molecule has 5 heteroatoms. The highest BCUT2D eigenvalue weighted by molar-refractivity contribution is 9.10. The third-order valence-electron chi connectivity index (χ3n) is 3.35. The summed E-state index contributed by atoms with van der Waals surface area (Å²) in [6.45, 7) is 0. The lowest BCUT2D eigenvalue weighted by molar-refractivity contribution is 0.588. The van der Waals surface area contributed by atoms with Crippen molar-refractivity contribution in [3.63, 3.8) is 0 Å². The third kappa shape index (κ3) is 2.34. The molecule has 1 heterocycles. The highest BCUT2D eigenvalue weighted by Crippen LogP contribution is 2.20. The predicted molar refractivity (Wildman–Crippen MR) is 74.1 cm³/mol. The second-order valence-corrected chi connectivity index (χ2v) is 5.58. The Balaban J connectivity index is 2.17. The number of aryl methyl sites for hydroxylation is 2. The second kappa shape index (κ2) is 4.89. The smallest absolute Gasteiger partial charge is 0.267 e. The van der Waals surface area contributed by atoms with Crippen molar-refractivity contribution >= 4 is 15.9 Å². The van der Waals surface area contributed by atoms with Crippen LogP contribution in [-0.2, 0) is 12.8 Å². The normalized spacial score (nSPS) is 14.2. The van der Waals surface area contributed by atoms with E-state index in [0.717, 1.165) is 41.6 Å². The number of hydrogen-bond donors (Lipinski definition) is 0. The molecule has 2 aromatic rings. The van der Waals surface area contributed by atoms with Crippen molar-refractivity contribution in [2.45, 2.75) is 25.7 Å². The van der Waals surface area contributed by atoms with Crippen LogP contribution in [0.4, 0.5) is 4.39 Å². The lowest BCUT2D eigenvalue weighted by atomic mass is 9.97. The molecule has 3 rings (SSSR count). The molecule has 0 atom stereocenters. The Labute approximate surface area is 118 Å². The van der Waals surface area contributed by atoms with E-state index in [1.807, 2.05) is 0 Å². The fraction of sp³-hybridized carbons (Fsp3) is 0.286. The molecule has 0 N–H and O–H groups in total. The summed E-state index contributed by atoms with van der Waals surface area (Å²) in [5, 5.41) is 4.32. The summed E-state index contributed by atoms with van der Waals surface area (Å²) in [6.07, 6.45) is 3.90. The van der Waals surface area contributed by atoms with Crippen molar-refractivity contribution in [2.24, 2.45) is 0 Å². The molecule has 0 saturated heterocycles. The van der Waals surface area contributed by atoms with Gasteiger partial charge in [0.25, 0.3) is 5.56 Å². The molecule has 0 radical (unpaired) electrons. The predicted octanol–water partition coefficient (Wildman–Crippen LogP) is 3.01. The fourth-order valence-electron chi connectivity index (χ4n) is 2.39. The number of nitrogens with zero attached hydrogens (tertiary/aromatic N) is 2.